The number of nitrogens with one attached hydrogen (secondary N) is 1. The van der Waals surface area contributed by atoms with Crippen molar-refractivity contribution in [1.29, 1.82) is 0 Å². The third-order valence-electron chi connectivity index (χ3n) is 3.63. The Bertz CT molecular complexity index is 779. The number of carbonyl (C=O) groups is 1. The minimum Gasteiger partial charge on any atom is -0.462 e. The van der Waals surface area contributed by atoms with Gasteiger partial charge < -0.3 is 14.6 Å². The molecule has 0 aliphatic carbocycles. The van der Waals surface area contributed by atoms with Crippen molar-refractivity contribution in [1.82, 2.24) is 9.55 Å². The molecule has 1 aromatic rings. The van der Waals surface area contributed by atoms with Gasteiger partial charge in [0.2, 0.25) is 0 Å². The molecule has 8 heteroatoms. The molecular formula is C16H20N2O6. The van der Waals surface area contributed by atoms with Gasteiger partial charge >= 0.3 is 11.7 Å². The highest BCUT2D eigenvalue weighted by Gasteiger charge is 2.37. The van der Waals surface area contributed by atoms with E-state index in [2.05, 4.69) is 10.9 Å². The van der Waals surface area contributed by atoms with E-state index in [0.717, 1.165) is 4.57 Å². The molecule has 2 rings (SSSR count). The predicted octanol–water partition coefficient (Wildman–Crippen LogP) is -0.244. The number of aliphatic hydroxyl groups is 1. The van der Waals surface area contributed by atoms with Crippen LogP contribution >= 0.6 is 0 Å². The highest BCUT2D eigenvalue weighted by atomic mass is 16.6. The topological polar surface area (TPSA) is 111 Å². The fourth-order valence-corrected chi connectivity index (χ4v) is 2.21. The van der Waals surface area contributed by atoms with Crippen LogP contribution in [0.3, 0.4) is 0 Å². The van der Waals surface area contributed by atoms with Crippen molar-refractivity contribution in [2.75, 3.05) is 6.61 Å². The maximum Gasteiger partial charge on any atom is 0.330 e. The van der Waals surface area contributed by atoms with Crippen LogP contribution in [0.15, 0.2) is 15.8 Å². The molecule has 3 atom stereocenters. The van der Waals surface area contributed by atoms with Crippen LogP contribution in [0.2, 0.25) is 0 Å². The summed E-state index contributed by atoms with van der Waals surface area (Å²) in [6.45, 7) is 5.01. The summed E-state index contributed by atoms with van der Waals surface area (Å²) in [6, 6.07) is 0. The number of hydrogen-bond acceptors (Lipinski definition) is 6. The van der Waals surface area contributed by atoms with Gasteiger partial charge in [0, 0.05) is 12.6 Å². The van der Waals surface area contributed by atoms with E-state index in [9.17, 15) is 19.5 Å². The summed E-state index contributed by atoms with van der Waals surface area (Å²) in [4.78, 5) is 37.3. The summed E-state index contributed by atoms with van der Waals surface area (Å²) in [5.41, 5.74) is -2.03. The average molecular weight is 336 g/mol. The van der Waals surface area contributed by atoms with E-state index in [4.69, 9.17) is 15.9 Å². The number of rotatable bonds is 3. The Morgan fingerprint density at radius 2 is 2.21 bits per heavy atom. The Morgan fingerprint density at radius 1 is 1.54 bits per heavy atom. The highest BCUT2D eigenvalue weighted by Crippen LogP contribution is 2.28. The molecule has 24 heavy (non-hydrogen) atoms. The van der Waals surface area contributed by atoms with Gasteiger partial charge in [-0.15, -0.1) is 6.42 Å². The van der Waals surface area contributed by atoms with Crippen molar-refractivity contribution in [3.8, 4) is 12.3 Å². The number of ether oxygens (including phenoxy) is 2. The van der Waals surface area contributed by atoms with Gasteiger partial charge in [0.05, 0.1) is 11.5 Å². The second-order valence-corrected chi connectivity index (χ2v) is 6.63. The Hall–Kier alpha value is -2.37. The molecule has 1 aromatic heterocycles. The van der Waals surface area contributed by atoms with Gasteiger partial charge in [0.1, 0.15) is 24.5 Å². The fourth-order valence-electron chi connectivity index (χ4n) is 2.21. The van der Waals surface area contributed by atoms with E-state index < -0.39 is 41.1 Å². The summed E-state index contributed by atoms with van der Waals surface area (Å²) in [7, 11) is 0. The van der Waals surface area contributed by atoms with Crippen LogP contribution < -0.4 is 11.2 Å². The number of H-pyrrole nitrogens is 1. The van der Waals surface area contributed by atoms with Crippen LogP contribution in [0.4, 0.5) is 0 Å². The summed E-state index contributed by atoms with van der Waals surface area (Å²) < 4.78 is 11.8. The summed E-state index contributed by atoms with van der Waals surface area (Å²) in [5.74, 6) is 1.76. The molecule has 1 aliphatic heterocycles. The first-order valence-electron chi connectivity index (χ1n) is 7.46. The van der Waals surface area contributed by atoms with E-state index >= 15 is 0 Å². The van der Waals surface area contributed by atoms with Crippen molar-refractivity contribution in [3.63, 3.8) is 0 Å². The van der Waals surface area contributed by atoms with E-state index in [-0.39, 0.29) is 18.6 Å². The number of aromatic amines is 1. The van der Waals surface area contributed by atoms with E-state index in [0.29, 0.717) is 0 Å². The van der Waals surface area contributed by atoms with Gasteiger partial charge in [-0.2, -0.15) is 0 Å². The van der Waals surface area contributed by atoms with Crippen molar-refractivity contribution < 1.29 is 19.4 Å². The highest BCUT2D eigenvalue weighted by molar-refractivity contribution is 5.75. The van der Waals surface area contributed by atoms with Gasteiger partial charge in [-0.25, -0.2) is 4.79 Å². The molecule has 1 fully saturated rings. The minimum atomic E-state index is -0.920. The first kappa shape index (κ1) is 18.0. The van der Waals surface area contributed by atoms with Gasteiger partial charge in [-0.3, -0.25) is 19.1 Å². The van der Waals surface area contributed by atoms with E-state index in [1.165, 1.54) is 6.20 Å². The Labute approximate surface area is 138 Å². The van der Waals surface area contributed by atoms with Crippen LogP contribution in [-0.2, 0) is 14.3 Å². The smallest absolute Gasteiger partial charge is 0.330 e. The van der Waals surface area contributed by atoms with Crippen LogP contribution in [0.25, 0.3) is 0 Å². The Balaban J connectivity index is 2.12. The molecule has 2 heterocycles. The lowest BCUT2D eigenvalue weighted by Gasteiger charge is -2.20. The third kappa shape index (κ3) is 3.75. The number of esters is 1. The zero-order valence-corrected chi connectivity index (χ0v) is 13.7. The zero-order valence-electron chi connectivity index (χ0n) is 13.7. The fraction of sp³-hybridized carbons (Fsp3) is 0.562. The molecule has 8 nitrogen and oxygen atoms in total. The second-order valence-electron chi connectivity index (χ2n) is 6.63. The number of hydrogen-bond donors (Lipinski definition) is 2. The molecule has 1 aliphatic rings. The molecule has 0 saturated carbocycles. The Kier molecular flexibility index (Phi) is 4.96. The van der Waals surface area contributed by atoms with Crippen molar-refractivity contribution in [2.45, 2.75) is 45.6 Å². The van der Waals surface area contributed by atoms with Gasteiger partial charge in [0.25, 0.3) is 5.56 Å². The van der Waals surface area contributed by atoms with E-state index in [1.807, 2.05) is 0 Å². The van der Waals surface area contributed by atoms with Crippen LogP contribution in [0.1, 0.15) is 39.0 Å². The van der Waals surface area contributed by atoms with Crippen molar-refractivity contribution >= 4 is 5.97 Å². The standard InChI is InChI=1S/C16H20N2O6/c1-5-9-7-18(15(22)17-13(9)20)12-6-10(19)11(24-12)8-23-14(21)16(2,3)4/h1,7,10-12,19H,6,8H2,2-4H3,(H,17,20,22)/t10?,11-,12-/m0/s1. The lowest BCUT2D eigenvalue weighted by atomic mass is 9.97. The van der Waals surface area contributed by atoms with Crippen molar-refractivity contribution in [2.24, 2.45) is 5.41 Å². The zero-order chi connectivity index (χ0) is 18.1. The molecule has 1 saturated heterocycles. The van der Waals surface area contributed by atoms with E-state index in [1.54, 1.807) is 20.8 Å². The van der Waals surface area contributed by atoms with Crippen LogP contribution in [0.5, 0.6) is 0 Å². The molecule has 1 unspecified atom stereocenters. The lowest BCUT2D eigenvalue weighted by Crippen LogP contribution is -2.34. The summed E-state index contributed by atoms with van der Waals surface area (Å²) >= 11 is 0. The molecular weight excluding hydrogens is 316 g/mol. The second kappa shape index (κ2) is 6.63. The van der Waals surface area contributed by atoms with Gasteiger partial charge in [-0.1, -0.05) is 5.92 Å². The quantitative estimate of drug-likeness (QED) is 0.582. The van der Waals surface area contributed by atoms with Crippen molar-refractivity contribution in [3.05, 3.63) is 32.6 Å². The normalized spacial score (nSPS) is 23.7. The van der Waals surface area contributed by atoms with Gasteiger partial charge in [-0.05, 0) is 20.8 Å². The first-order chi connectivity index (χ1) is 11.1. The monoisotopic (exact) mass is 336 g/mol. The molecule has 0 radical (unpaired) electrons. The summed E-state index contributed by atoms with van der Waals surface area (Å²) in [5, 5.41) is 10.1. The van der Waals surface area contributed by atoms with Gasteiger partial charge in [0.15, 0.2) is 0 Å². The minimum absolute atomic E-state index is 0.0182. The van der Waals surface area contributed by atoms with Crippen LogP contribution in [0, 0.1) is 17.8 Å². The molecule has 0 aromatic carbocycles. The molecule has 0 amide bonds. The van der Waals surface area contributed by atoms with Crippen LogP contribution in [-0.4, -0.2) is 39.4 Å². The number of terminal acetylenes is 1. The lowest BCUT2D eigenvalue weighted by molar-refractivity contribution is -0.159. The third-order valence-corrected chi connectivity index (χ3v) is 3.63. The summed E-state index contributed by atoms with van der Waals surface area (Å²) in [6.07, 6.45) is 4.03. The number of aliphatic hydroxyl groups excluding tert-OH is 1. The number of carbonyl (C=O) groups excluding carboxylic acids is 1. The molecule has 0 bridgehead atoms. The first-order valence-corrected chi connectivity index (χ1v) is 7.46. The SMILES string of the molecule is C#Cc1cn([C@@H]2CC(O)[C@H](COC(=O)C(C)(C)C)O2)c(=O)[nH]c1=O. The molecule has 130 valence electrons. The maximum atomic E-state index is 11.9. The predicted molar refractivity (Wildman–Crippen MR) is 84.2 cm³/mol. The maximum absolute atomic E-state index is 11.9. The molecule has 2 N–H and O–H groups in total. The molecule has 0 spiro atoms. The Morgan fingerprint density at radius 3 is 2.79 bits per heavy atom. The average Bonchev–Trinajstić information content (AvgIpc) is 2.84. The number of nitrogens with zero attached hydrogens (tertiary/aromatic N) is 1. The largest absolute Gasteiger partial charge is 0.462 e. The number of aromatic nitrogens is 2.